The van der Waals surface area contributed by atoms with Crippen molar-refractivity contribution in [3.63, 3.8) is 0 Å². The number of nitrogens with two attached hydrogens (primary N) is 1. The van der Waals surface area contributed by atoms with Gasteiger partial charge in [0.2, 0.25) is 0 Å². The maximum Gasteiger partial charge on any atom is 0.414 e. The molecule has 7 N–H and O–H groups in total. The predicted octanol–water partition coefficient (Wildman–Crippen LogP) is -2.30. The van der Waals surface area contributed by atoms with Crippen molar-refractivity contribution in [3.8, 4) is 0 Å². The van der Waals surface area contributed by atoms with Crippen LogP contribution >= 0.6 is 7.75 Å². The molecule has 12 heteroatoms. The molecule has 10 nitrogen and oxygen atoms in total. The van der Waals surface area contributed by atoms with Gasteiger partial charge in [-0.15, -0.1) is 4.49 Å². The van der Waals surface area contributed by atoms with Gasteiger partial charge in [-0.3, -0.25) is 4.79 Å². The van der Waals surface area contributed by atoms with Gasteiger partial charge in [0.05, 0.1) is 0 Å². The Bertz CT molecular complexity index is 404. The van der Waals surface area contributed by atoms with E-state index in [4.69, 9.17) is 20.6 Å². The van der Waals surface area contributed by atoms with Crippen LogP contribution in [0.25, 0.3) is 0 Å². The molecule has 0 heterocycles. The molecule has 0 unspecified atom stereocenters. The van der Waals surface area contributed by atoms with E-state index in [1.807, 2.05) is 0 Å². The van der Waals surface area contributed by atoms with Gasteiger partial charge in [0.15, 0.2) is 0 Å². The first-order valence-electron chi connectivity index (χ1n) is 4.37. The minimum atomic E-state index is -5.02. The summed E-state index contributed by atoms with van der Waals surface area (Å²) in [4.78, 5) is 27.4. The molecule has 0 bridgehead atoms. The summed E-state index contributed by atoms with van der Waals surface area (Å²) >= 11 is 0. The predicted molar refractivity (Wildman–Crippen MR) is 56.9 cm³/mol. The highest BCUT2D eigenvalue weighted by atomic mass is 32.2. The minimum Gasteiger partial charge on any atom is -0.480 e. The Kier molecular flexibility index (Phi) is 6.19. The molecule has 17 heavy (non-hydrogen) atoms. The van der Waals surface area contributed by atoms with E-state index in [1.165, 1.54) is 0 Å². The molecule has 0 radical (unpaired) electrons. The quantitative estimate of drug-likeness (QED) is 0.270. The lowest BCUT2D eigenvalue weighted by Crippen LogP contribution is -2.45. The fraction of sp³-hybridized carbons (Fsp3) is 0.800. The van der Waals surface area contributed by atoms with Crippen molar-refractivity contribution in [2.45, 2.75) is 18.9 Å². The Morgan fingerprint density at radius 2 is 1.94 bits per heavy atom. The van der Waals surface area contributed by atoms with Crippen molar-refractivity contribution in [1.82, 2.24) is 9.21 Å². The van der Waals surface area contributed by atoms with Crippen LogP contribution in [0.2, 0.25) is 0 Å². The van der Waals surface area contributed by atoms with Gasteiger partial charge in [-0.25, -0.2) is 4.57 Å². The van der Waals surface area contributed by atoms with Crippen LogP contribution in [0.3, 0.4) is 0 Å². The standard InChI is InChI=1S/C5H14N3O7PS/c6-3-1-2-4(5(9)10)7-17(14,15)8-16(11,12)13/h4,7H,1-3,6H2,(H,9,10)(H3,8,11,12,13)/t4-/m0/s1. The summed E-state index contributed by atoms with van der Waals surface area (Å²) in [5, 5.41) is 8.67. The summed E-state index contributed by atoms with van der Waals surface area (Å²) in [6, 6.07) is -1.50. The second kappa shape index (κ2) is 6.40. The normalized spacial score (nSPS) is 14.5. The maximum atomic E-state index is 11.1. The smallest absolute Gasteiger partial charge is 0.414 e. The highest BCUT2D eigenvalue weighted by Crippen LogP contribution is 2.29. The molecular formula is C5H14N3O7PS. The molecule has 0 amide bonds. The molecule has 0 aliphatic rings. The number of rotatable bonds is 8. The first-order valence-corrected chi connectivity index (χ1v) is 7.46. The van der Waals surface area contributed by atoms with Gasteiger partial charge in [0.1, 0.15) is 6.04 Å². The number of aliphatic carboxylic acids is 1. The van der Waals surface area contributed by atoms with Crippen LogP contribution in [0.4, 0.5) is 0 Å². The lowest BCUT2D eigenvalue weighted by atomic mass is 10.2. The highest BCUT2D eigenvalue weighted by molar-refractivity contribution is 7.92. The third-order valence-electron chi connectivity index (χ3n) is 1.53. The molecule has 1 atom stereocenters. The van der Waals surface area contributed by atoms with Crippen LogP contribution in [0.15, 0.2) is 0 Å². The maximum absolute atomic E-state index is 11.1. The Hall–Kier alpha value is -0.550. The van der Waals surface area contributed by atoms with Crippen LogP contribution in [-0.2, 0) is 19.6 Å². The molecule has 0 aromatic heterocycles. The minimum absolute atomic E-state index is 0.0894. The number of hydrogen-bond donors (Lipinski definition) is 6. The van der Waals surface area contributed by atoms with E-state index in [0.29, 0.717) is 0 Å². The van der Waals surface area contributed by atoms with Gasteiger partial charge in [-0.1, -0.05) is 0 Å². The molecule has 0 aromatic rings. The molecule has 0 aliphatic heterocycles. The van der Waals surface area contributed by atoms with Gasteiger partial charge >= 0.3 is 13.7 Å². The number of carboxylic acid groups (broad SMARTS) is 1. The van der Waals surface area contributed by atoms with Gasteiger partial charge < -0.3 is 20.6 Å². The lowest BCUT2D eigenvalue weighted by Gasteiger charge is -2.15. The Morgan fingerprint density at radius 1 is 1.41 bits per heavy atom. The zero-order chi connectivity index (χ0) is 13.7. The molecule has 0 fully saturated rings. The van der Waals surface area contributed by atoms with E-state index in [1.54, 1.807) is 4.72 Å². The van der Waals surface area contributed by atoms with Crippen LogP contribution < -0.4 is 14.9 Å². The highest BCUT2D eigenvalue weighted by Gasteiger charge is 2.28. The third-order valence-corrected chi connectivity index (χ3v) is 4.04. The first-order chi connectivity index (χ1) is 7.57. The van der Waals surface area contributed by atoms with E-state index < -0.39 is 30.0 Å². The fourth-order valence-electron chi connectivity index (χ4n) is 0.925. The van der Waals surface area contributed by atoms with Crippen molar-refractivity contribution < 1.29 is 32.7 Å². The summed E-state index contributed by atoms with van der Waals surface area (Å²) in [6.45, 7) is 0.164. The third kappa shape index (κ3) is 8.21. The van der Waals surface area contributed by atoms with Gasteiger partial charge in [0.25, 0.3) is 10.2 Å². The number of hydrogen-bond acceptors (Lipinski definition) is 5. The average molecular weight is 291 g/mol. The van der Waals surface area contributed by atoms with Gasteiger partial charge in [0, 0.05) is 0 Å². The topological polar surface area (TPSA) is 179 Å². The number of nitrogens with one attached hydrogen (secondary N) is 2. The SMILES string of the molecule is NCCC[C@H](NS(=O)(=O)NP(=O)(O)O)C(=O)O. The first kappa shape index (κ1) is 16.4. The fourth-order valence-corrected chi connectivity index (χ4v) is 2.98. The van der Waals surface area contributed by atoms with E-state index in [2.05, 4.69) is 0 Å². The molecule has 0 saturated heterocycles. The van der Waals surface area contributed by atoms with Crippen molar-refractivity contribution in [1.29, 1.82) is 0 Å². The van der Waals surface area contributed by atoms with Crippen LogP contribution in [-0.4, -0.2) is 41.9 Å². The summed E-state index contributed by atoms with van der Waals surface area (Å²) in [5.41, 5.74) is 5.13. The Morgan fingerprint density at radius 3 is 2.29 bits per heavy atom. The largest absolute Gasteiger partial charge is 0.480 e. The molecule has 0 aromatic carbocycles. The van der Waals surface area contributed by atoms with E-state index in [9.17, 15) is 17.8 Å². The monoisotopic (exact) mass is 291 g/mol. The van der Waals surface area contributed by atoms with Crippen LogP contribution in [0.5, 0.6) is 0 Å². The van der Waals surface area contributed by atoms with E-state index in [0.717, 1.165) is 4.49 Å². The molecule has 0 aliphatic carbocycles. The Labute approximate surface area is 97.6 Å². The summed E-state index contributed by atoms with van der Waals surface area (Å²) in [6.07, 6.45) is 0.156. The second-order valence-corrected chi connectivity index (χ2v) is 6.14. The molecule has 0 rings (SSSR count). The van der Waals surface area contributed by atoms with Crippen molar-refractivity contribution in [2.75, 3.05) is 6.54 Å². The average Bonchev–Trinajstić information content (AvgIpc) is 2.07. The van der Waals surface area contributed by atoms with Crippen molar-refractivity contribution in [2.24, 2.45) is 5.73 Å². The van der Waals surface area contributed by atoms with Gasteiger partial charge in [-0.05, 0) is 19.4 Å². The number of carbonyl (C=O) groups is 1. The lowest BCUT2D eigenvalue weighted by molar-refractivity contribution is -0.139. The molecule has 102 valence electrons. The molecule has 0 spiro atoms. The molecule has 0 saturated carbocycles. The van der Waals surface area contributed by atoms with Crippen molar-refractivity contribution in [3.05, 3.63) is 0 Å². The van der Waals surface area contributed by atoms with Gasteiger partial charge in [-0.2, -0.15) is 13.1 Å². The zero-order valence-corrected chi connectivity index (χ0v) is 10.3. The summed E-state index contributed by atoms with van der Waals surface area (Å²) in [7, 11) is -9.62. The molecular weight excluding hydrogens is 277 g/mol. The van der Waals surface area contributed by atoms with Crippen LogP contribution in [0.1, 0.15) is 12.8 Å². The van der Waals surface area contributed by atoms with E-state index >= 15 is 0 Å². The number of carboxylic acids is 1. The van der Waals surface area contributed by atoms with Crippen molar-refractivity contribution >= 4 is 23.9 Å². The van der Waals surface area contributed by atoms with E-state index in [-0.39, 0.29) is 19.4 Å². The second-order valence-electron chi connectivity index (χ2n) is 3.08. The summed E-state index contributed by atoms with van der Waals surface area (Å²) < 4.78 is 35.2. The summed E-state index contributed by atoms with van der Waals surface area (Å²) in [5.74, 6) is -1.46. The Balaban J connectivity index is 4.64. The van der Waals surface area contributed by atoms with Crippen LogP contribution in [0, 0.1) is 0 Å². The zero-order valence-electron chi connectivity index (χ0n) is 8.61.